The van der Waals surface area contributed by atoms with Gasteiger partial charge >= 0.3 is 0 Å². The molecule has 33 heavy (non-hydrogen) atoms. The van der Waals surface area contributed by atoms with Crippen molar-refractivity contribution in [3.05, 3.63) is 44.8 Å². The van der Waals surface area contributed by atoms with Crippen LogP contribution in [0, 0.1) is 17.1 Å². The van der Waals surface area contributed by atoms with E-state index in [1.807, 2.05) is 19.9 Å². The molecule has 1 aromatic carbocycles. The van der Waals surface area contributed by atoms with E-state index < -0.39 is 34.2 Å². The van der Waals surface area contributed by atoms with Gasteiger partial charge in [0.25, 0.3) is 0 Å². The number of hydrogen-bond donors (Lipinski definition) is 5. The first kappa shape index (κ1) is 27.0. The van der Waals surface area contributed by atoms with Gasteiger partial charge < -0.3 is 10.2 Å². The fourth-order valence-corrected chi connectivity index (χ4v) is 6.35. The van der Waals surface area contributed by atoms with Gasteiger partial charge in [-0.1, -0.05) is 27.7 Å². The molecule has 2 rings (SSSR count). The van der Waals surface area contributed by atoms with Crippen molar-refractivity contribution in [1.82, 2.24) is 9.71 Å². The van der Waals surface area contributed by atoms with Crippen LogP contribution in [0.1, 0.15) is 86.3 Å². The van der Waals surface area contributed by atoms with Gasteiger partial charge in [-0.15, -0.1) is 11.3 Å². The number of nitrogens with zero attached hydrogens (tertiary/aromatic N) is 2. The first-order valence-corrected chi connectivity index (χ1v) is 13.0. The molecule has 182 valence electrons. The van der Waals surface area contributed by atoms with Gasteiger partial charge in [-0.05, 0) is 48.4 Å². The van der Waals surface area contributed by atoms with E-state index in [2.05, 4.69) is 9.71 Å². The van der Waals surface area contributed by atoms with Gasteiger partial charge in [-0.3, -0.25) is 14.7 Å². The molecule has 5 N–H and O–H groups in total. The number of aliphatic hydroxyl groups excluding tert-OH is 1. The van der Waals surface area contributed by atoms with E-state index in [4.69, 9.17) is 5.14 Å². The predicted octanol–water partition coefficient (Wildman–Crippen LogP) is 2.64. The summed E-state index contributed by atoms with van der Waals surface area (Å²) in [6, 6.07) is 3.31. The second kappa shape index (κ2) is 9.95. The standard InChI is InChI=1S/C22H31FN4O4S2/c1-11(2)14-7-13(9-24)19(23)18(12(3)4)15(14)8-17(29)27-33(25,31)20-16(10-28)26-21(32-20)22(5,6)30/h7,11-12,28,30,33H,8,10H2,1-6H3,(H3,25,27,29,31). The molecule has 0 saturated heterocycles. The van der Waals surface area contributed by atoms with Gasteiger partial charge in [0.1, 0.15) is 26.7 Å². The van der Waals surface area contributed by atoms with E-state index in [0.717, 1.165) is 11.3 Å². The van der Waals surface area contributed by atoms with Gasteiger partial charge in [0, 0.05) is 10.3 Å². The Morgan fingerprint density at radius 2 is 1.97 bits per heavy atom. The number of thiazole rings is 1. The minimum absolute atomic E-state index is 0.0124. The van der Waals surface area contributed by atoms with E-state index in [-0.39, 0.29) is 44.3 Å². The fourth-order valence-electron chi connectivity index (χ4n) is 3.54. The molecule has 0 unspecified atom stereocenters. The fraction of sp³-hybridized carbons (Fsp3) is 0.500. The molecule has 0 aliphatic rings. The number of hydrogen-bond acceptors (Lipinski definition) is 7. The van der Waals surface area contributed by atoms with Crippen LogP contribution in [0.5, 0.6) is 0 Å². The number of aliphatic hydroxyl groups is 2. The number of aromatic nitrogens is 1. The smallest absolute Gasteiger partial charge is 0.235 e. The molecule has 11 heteroatoms. The van der Waals surface area contributed by atoms with E-state index >= 15 is 4.39 Å². The van der Waals surface area contributed by atoms with Crippen molar-refractivity contribution in [3.63, 3.8) is 0 Å². The Morgan fingerprint density at radius 1 is 1.36 bits per heavy atom. The van der Waals surface area contributed by atoms with Gasteiger partial charge in [0.15, 0.2) is 0 Å². The van der Waals surface area contributed by atoms with E-state index in [9.17, 15) is 24.5 Å². The Bertz CT molecular complexity index is 1150. The lowest BCUT2D eigenvalue weighted by molar-refractivity contribution is -0.118. The Hall–Kier alpha value is -2.23. The molecular weight excluding hydrogens is 467 g/mol. The van der Waals surface area contributed by atoms with Crippen LogP contribution in [-0.4, -0.2) is 25.3 Å². The van der Waals surface area contributed by atoms with Crippen molar-refractivity contribution in [2.75, 3.05) is 0 Å². The minimum Gasteiger partial charge on any atom is -0.390 e. The maximum atomic E-state index is 15.0. The van der Waals surface area contributed by atoms with Crippen molar-refractivity contribution in [2.45, 2.75) is 76.2 Å². The summed E-state index contributed by atoms with van der Waals surface area (Å²) in [5, 5.41) is 35.3. The molecule has 0 saturated carbocycles. The van der Waals surface area contributed by atoms with Gasteiger partial charge in [0.2, 0.25) is 5.91 Å². The summed E-state index contributed by atoms with van der Waals surface area (Å²) in [6.07, 6.45) is -0.295. The van der Waals surface area contributed by atoms with E-state index in [0.29, 0.717) is 11.1 Å². The molecule has 2 aromatic rings. The predicted molar refractivity (Wildman–Crippen MR) is 126 cm³/mol. The van der Waals surface area contributed by atoms with Gasteiger partial charge in [0.05, 0.1) is 24.3 Å². The number of carbonyl (C=O) groups excluding carboxylic acids is 1. The molecular formula is C22H31FN4O4S2. The second-order valence-corrected chi connectivity index (χ2v) is 12.3. The topological polar surface area (TPSA) is 149 Å². The number of nitrogens with one attached hydrogen (secondary N) is 1. The molecule has 1 amide bonds. The van der Waals surface area contributed by atoms with Crippen LogP contribution in [0.25, 0.3) is 0 Å². The van der Waals surface area contributed by atoms with Crippen LogP contribution >= 0.6 is 11.3 Å². The zero-order chi connectivity index (χ0) is 25.3. The molecule has 0 aliphatic heterocycles. The summed E-state index contributed by atoms with van der Waals surface area (Å²) in [7, 11) is -4.01. The maximum absolute atomic E-state index is 15.0. The molecule has 0 bridgehead atoms. The first-order valence-electron chi connectivity index (χ1n) is 10.4. The van der Waals surface area contributed by atoms with Gasteiger partial charge in [-0.25, -0.2) is 13.6 Å². The molecule has 0 aliphatic carbocycles. The Morgan fingerprint density at radius 3 is 2.42 bits per heavy atom. The molecule has 0 atom stereocenters. The van der Waals surface area contributed by atoms with Crippen LogP contribution < -0.4 is 9.86 Å². The summed E-state index contributed by atoms with van der Waals surface area (Å²) in [4.78, 5) is 17.0. The molecule has 1 heterocycles. The van der Waals surface area contributed by atoms with Crippen molar-refractivity contribution < 1.29 is 23.6 Å². The molecule has 0 radical (unpaired) electrons. The van der Waals surface area contributed by atoms with Crippen LogP contribution in [0.3, 0.4) is 0 Å². The SMILES string of the molecule is CC(C)c1cc(C#N)c(F)c(C(C)C)c1CC(=O)N[SH](N)(=O)c1sc(C(C)(C)O)nc1CO. The summed E-state index contributed by atoms with van der Waals surface area (Å²) in [6.45, 7) is 9.67. The van der Waals surface area contributed by atoms with Crippen molar-refractivity contribution in [2.24, 2.45) is 5.14 Å². The Labute approximate surface area is 198 Å². The first-order chi connectivity index (χ1) is 15.1. The molecule has 8 nitrogen and oxygen atoms in total. The number of benzene rings is 1. The maximum Gasteiger partial charge on any atom is 0.235 e. The van der Waals surface area contributed by atoms with Gasteiger partial charge in [-0.2, -0.15) is 5.26 Å². The number of thiol groups is 1. The zero-order valence-corrected chi connectivity index (χ0v) is 21.3. The third-order valence-corrected chi connectivity index (χ3v) is 8.79. The molecule has 1 aromatic heterocycles. The lowest BCUT2D eigenvalue weighted by atomic mass is 9.85. The highest BCUT2D eigenvalue weighted by atomic mass is 32.3. The number of carbonyl (C=O) groups is 1. The van der Waals surface area contributed by atoms with Crippen LogP contribution in [-0.2, 0) is 33.7 Å². The zero-order valence-electron chi connectivity index (χ0n) is 19.6. The average Bonchev–Trinajstić information content (AvgIpc) is 3.13. The lowest BCUT2D eigenvalue weighted by Crippen LogP contribution is -2.43. The van der Waals surface area contributed by atoms with Crippen LogP contribution in [0.15, 0.2) is 10.3 Å². The Kier molecular flexibility index (Phi) is 8.14. The Balaban J connectivity index is 2.48. The normalized spacial score (nSPS) is 12.8. The summed E-state index contributed by atoms with van der Waals surface area (Å²) in [5.41, 5.74) is -0.0895. The van der Waals surface area contributed by atoms with Crippen LogP contribution in [0.4, 0.5) is 4.39 Å². The third-order valence-electron chi connectivity index (χ3n) is 5.05. The van der Waals surface area contributed by atoms with E-state index in [1.165, 1.54) is 19.9 Å². The molecule has 0 fully saturated rings. The monoisotopic (exact) mass is 498 g/mol. The van der Waals surface area contributed by atoms with Crippen molar-refractivity contribution in [1.29, 1.82) is 5.26 Å². The highest BCUT2D eigenvalue weighted by molar-refractivity contribution is 8.01. The number of rotatable bonds is 8. The highest BCUT2D eigenvalue weighted by Crippen LogP contribution is 2.34. The van der Waals surface area contributed by atoms with Crippen molar-refractivity contribution in [3.8, 4) is 6.07 Å². The number of nitriles is 1. The molecule has 0 spiro atoms. The average molecular weight is 499 g/mol. The minimum atomic E-state index is -4.01. The second-order valence-electron chi connectivity index (χ2n) is 9.00. The van der Waals surface area contributed by atoms with E-state index in [1.54, 1.807) is 13.8 Å². The highest BCUT2D eigenvalue weighted by Gasteiger charge is 2.30. The number of amides is 1. The lowest BCUT2D eigenvalue weighted by Gasteiger charge is -2.23. The number of halogens is 1. The van der Waals surface area contributed by atoms with Crippen LogP contribution in [0.2, 0.25) is 0 Å². The summed E-state index contributed by atoms with van der Waals surface area (Å²) >= 11 is 0.850. The third kappa shape index (κ3) is 5.83. The number of nitrogens with two attached hydrogens (primary N) is 1. The quantitative estimate of drug-likeness (QED) is 0.353. The summed E-state index contributed by atoms with van der Waals surface area (Å²) < 4.78 is 30.6. The largest absolute Gasteiger partial charge is 0.390 e. The van der Waals surface area contributed by atoms with Crippen molar-refractivity contribution >= 4 is 27.5 Å². The summed E-state index contributed by atoms with van der Waals surface area (Å²) in [5.74, 6) is -1.77.